The molecular weight excluding hydrogens is 198 g/mol. The molecule has 0 amide bonds. The molecule has 3 nitrogen and oxygen atoms in total. The summed E-state index contributed by atoms with van der Waals surface area (Å²) in [5.74, 6) is -0.0149. The van der Waals surface area contributed by atoms with Crippen LogP contribution in [0, 0.1) is 0 Å². The molecule has 14 heavy (non-hydrogen) atoms. The van der Waals surface area contributed by atoms with Crippen LogP contribution in [0.5, 0.6) is 0 Å². The lowest BCUT2D eigenvalue weighted by Crippen LogP contribution is -2.04. The quantitative estimate of drug-likeness (QED) is 0.751. The minimum atomic E-state index is -0.883. The number of hydrogen-bond donors (Lipinski definition) is 2. The van der Waals surface area contributed by atoms with Gasteiger partial charge in [0.05, 0.1) is 5.56 Å². The molecule has 0 aliphatic carbocycles. The minimum absolute atomic E-state index is 0.363. The van der Waals surface area contributed by atoms with Crippen LogP contribution in [0.15, 0.2) is 23.1 Å². The first-order valence-corrected chi connectivity index (χ1v) is 5.36. The number of benzene rings is 1. The van der Waals surface area contributed by atoms with Gasteiger partial charge in [0.15, 0.2) is 0 Å². The van der Waals surface area contributed by atoms with Crippen LogP contribution in [0.25, 0.3) is 0 Å². The summed E-state index contributed by atoms with van der Waals surface area (Å²) in [4.78, 5) is 11.8. The number of carbonyl (C=O) groups is 1. The Morgan fingerprint density at radius 3 is 2.79 bits per heavy atom. The Morgan fingerprint density at radius 1 is 1.57 bits per heavy atom. The summed E-state index contributed by atoms with van der Waals surface area (Å²) in [6.07, 6.45) is 0. The van der Waals surface area contributed by atoms with Gasteiger partial charge in [-0.3, -0.25) is 0 Å². The molecule has 2 N–H and O–H groups in total. The average molecular weight is 211 g/mol. The molecule has 0 radical (unpaired) electrons. The summed E-state index contributed by atoms with van der Waals surface area (Å²) in [5, 5.41) is 11.9. The Balaban J connectivity index is 3.20. The zero-order chi connectivity index (χ0) is 10.6. The third-order valence-corrected chi connectivity index (χ3v) is 2.75. The van der Waals surface area contributed by atoms with E-state index in [-0.39, 0.29) is 0 Å². The van der Waals surface area contributed by atoms with Crippen LogP contribution in [0.2, 0.25) is 0 Å². The van der Waals surface area contributed by atoms with E-state index in [2.05, 4.69) is 5.32 Å². The van der Waals surface area contributed by atoms with Gasteiger partial charge in [0.25, 0.3) is 0 Å². The number of nitrogens with one attached hydrogen (secondary N) is 1. The Labute approximate surface area is 87.5 Å². The van der Waals surface area contributed by atoms with E-state index < -0.39 is 5.97 Å². The molecule has 0 saturated heterocycles. The van der Waals surface area contributed by atoms with E-state index in [0.29, 0.717) is 11.3 Å². The highest BCUT2D eigenvalue weighted by Gasteiger charge is 2.14. The topological polar surface area (TPSA) is 49.3 Å². The monoisotopic (exact) mass is 211 g/mol. The lowest BCUT2D eigenvalue weighted by Gasteiger charge is -2.09. The van der Waals surface area contributed by atoms with Gasteiger partial charge < -0.3 is 10.4 Å². The molecule has 1 aromatic rings. The maximum Gasteiger partial charge on any atom is 0.338 e. The number of carboxylic acids is 1. The van der Waals surface area contributed by atoms with E-state index in [1.807, 2.05) is 19.1 Å². The molecule has 0 saturated carbocycles. The second-order valence-electron chi connectivity index (χ2n) is 2.67. The maximum absolute atomic E-state index is 11.0. The Hall–Kier alpha value is -1.16. The van der Waals surface area contributed by atoms with Crippen LogP contribution in [0.1, 0.15) is 17.3 Å². The van der Waals surface area contributed by atoms with Gasteiger partial charge in [-0.15, -0.1) is 11.8 Å². The fourth-order valence-electron chi connectivity index (χ4n) is 1.24. The molecule has 0 unspecified atom stereocenters. The third-order valence-electron chi connectivity index (χ3n) is 1.81. The Kier molecular flexibility index (Phi) is 3.83. The highest BCUT2D eigenvalue weighted by atomic mass is 32.2. The summed E-state index contributed by atoms with van der Waals surface area (Å²) in [6.45, 7) is 2.00. The summed E-state index contributed by atoms with van der Waals surface area (Å²) in [7, 11) is 1.72. The fraction of sp³-hybridized carbons (Fsp3) is 0.300. The SMILES string of the molecule is CCSc1cccc(NC)c1C(=O)O. The van der Waals surface area contributed by atoms with E-state index in [1.165, 1.54) is 11.8 Å². The normalized spacial score (nSPS) is 9.86. The van der Waals surface area contributed by atoms with Gasteiger partial charge >= 0.3 is 5.97 Å². The lowest BCUT2D eigenvalue weighted by atomic mass is 10.2. The number of anilines is 1. The van der Waals surface area contributed by atoms with Crippen molar-refractivity contribution in [2.24, 2.45) is 0 Å². The Morgan fingerprint density at radius 2 is 2.29 bits per heavy atom. The summed E-state index contributed by atoms with van der Waals surface area (Å²) in [5.41, 5.74) is 1.03. The van der Waals surface area contributed by atoms with E-state index in [4.69, 9.17) is 5.11 Å². The maximum atomic E-state index is 11.0. The van der Waals surface area contributed by atoms with Crippen molar-refractivity contribution in [3.63, 3.8) is 0 Å². The van der Waals surface area contributed by atoms with Gasteiger partial charge in [-0.05, 0) is 17.9 Å². The van der Waals surface area contributed by atoms with Crippen molar-refractivity contribution < 1.29 is 9.90 Å². The molecule has 0 bridgehead atoms. The zero-order valence-corrected chi connectivity index (χ0v) is 9.02. The molecular formula is C10H13NO2S. The molecule has 76 valence electrons. The van der Waals surface area contributed by atoms with Gasteiger partial charge in [0.1, 0.15) is 0 Å². The van der Waals surface area contributed by atoms with Crippen molar-refractivity contribution in [2.75, 3.05) is 18.1 Å². The molecule has 0 aliphatic heterocycles. The summed E-state index contributed by atoms with van der Waals surface area (Å²) < 4.78 is 0. The van der Waals surface area contributed by atoms with Crippen molar-refractivity contribution in [2.45, 2.75) is 11.8 Å². The van der Waals surface area contributed by atoms with Crippen molar-refractivity contribution in [3.8, 4) is 0 Å². The van der Waals surface area contributed by atoms with Crippen LogP contribution in [-0.2, 0) is 0 Å². The van der Waals surface area contributed by atoms with Crippen LogP contribution in [0.4, 0.5) is 5.69 Å². The number of rotatable bonds is 4. The predicted molar refractivity (Wildman–Crippen MR) is 59.3 cm³/mol. The first-order valence-electron chi connectivity index (χ1n) is 4.37. The second-order valence-corrected chi connectivity index (χ2v) is 3.97. The second kappa shape index (κ2) is 4.91. The number of carboxylic acid groups (broad SMARTS) is 1. The number of aromatic carboxylic acids is 1. The van der Waals surface area contributed by atoms with Gasteiger partial charge in [-0.25, -0.2) is 4.79 Å². The van der Waals surface area contributed by atoms with Crippen molar-refractivity contribution in [1.29, 1.82) is 0 Å². The van der Waals surface area contributed by atoms with Crippen molar-refractivity contribution >= 4 is 23.4 Å². The lowest BCUT2D eigenvalue weighted by molar-refractivity contribution is 0.0694. The van der Waals surface area contributed by atoms with Crippen LogP contribution < -0.4 is 5.32 Å². The smallest absolute Gasteiger partial charge is 0.338 e. The molecule has 0 fully saturated rings. The van der Waals surface area contributed by atoms with Crippen LogP contribution in [-0.4, -0.2) is 23.9 Å². The predicted octanol–water partition coefficient (Wildman–Crippen LogP) is 2.54. The van der Waals surface area contributed by atoms with Gasteiger partial charge in [0.2, 0.25) is 0 Å². The van der Waals surface area contributed by atoms with E-state index in [1.54, 1.807) is 13.1 Å². The molecule has 4 heteroatoms. The number of thioether (sulfide) groups is 1. The van der Waals surface area contributed by atoms with Gasteiger partial charge in [0, 0.05) is 17.6 Å². The molecule has 0 atom stereocenters. The van der Waals surface area contributed by atoms with E-state index >= 15 is 0 Å². The van der Waals surface area contributed by atoms with E-state index in [9.17, 15) is 4.79 Å². The largest absolute Gasteiger partial charge is 0.478 e. The van der Waals surface area contributed by atoms with Gasteiger partial charge in [-0.1, -0.05) is 13.0 Å². The minimum Gasteiger partial charge on any atom is -0.478 e. The summed E-state index contributed by atoms with van der Waals surface area (Å²) in [6, 6.07) is 5.46. The van der Waals surface area contributed by atoms with Crippen LogP contribution in [0.3, 0.4) is 0 Å². The van der Waals surface area contributed by atoms with Crippen LogP contribution >= 0.6 is 11.8 Å². The average Bonchev–Trinajstić information content (AvgIpc) is 2.17. The third kappa shape index (κ3) is 2.20. The first kappa shape index (κ1) is 10.9. The van der Waals surface area contributed by atoms with Crippen molar-refractivity contribution in [1.82, 2.24) is 0 Å². The van der Waals surface area contributed by atoms with E-state index in [0.717, 1.165) is 10.6 Å². The fourth-order valence-corrected chi connectivity index (χ4v) is 2.06. The van der Waals surface area contributed by atoms with Gasteiger partial charge in [-0.2, -0.15) is 0 Å². The molecule has 1 aromatic carbocycles. The Bertz CT molecular complexity index is 339. The standard InChI is InChI=1S/C10H13NO2S/c1-3-14-8-6-4-5-7(11-2)9(8)10(12)13/h4-6,11H,3H2,1-2H3,(H,12,13). The summed E-state index contributed by atoms with van der Waals surface area (Å²) >= 11 is 1.54. The molecule has 1 rings (SSSR count). The molecule has 0 aliphatic rings. The number of hydrogen-bond acceptors (Lipinski definition) is 3. The van der Waals surface area contributed by atoms with Crippen molar-refractivity contribution in [3.05, 3.63) is 23.8 Å². The highest BCUT2D eigenvalue weighted by Crippen LogP contribution is 2.28. The molecule has 0 heterocycles. The first-order chi connectivity index (χ1) is 6.70. The zero-order valence-electron chi connectivity index (χ0n) is 8.20. The highest BCUT2D eigenvalue weighted by molar-refractivity contribution is 7.99. The molecule has 0 aromatic heterocycles. The molecule has 0 spiro atoms.